The molecule has 1 saturated carbocycles. The predicted molar refractivity (Wildman–Crippen MR) is 246 cm³/mol. The first kappa shape index (κ1) is 43.4. The van der Waals surface area contributed by atoms with Crippen LogP contribution >= 0.6 is 0 Å². The monoisotopic (exact) mass is 897 g/mol. The molecule has 1 unspecified atom stereocenters. The van der Waals surface area contributed by atoms with Gasteiger partial charge in [0.2, 0.25) is 23.6 Å². The molecule has 2 bridgehead atoms. The number of hydrogen-bond acceptors (Lipinski definition) is 10. The summed E-state index contributed by atoms with van der Waals surface area (Å²) in [5.74, 6) is -0.0872. The maximum atomic E-state index is 15.2. The minimum absolute atomic E-state index is 0.272. The number of pyridine rings is 1. The molecule has 5 aliphatic rings. The van der Waals surface area contributed by atoms with Crippen molar-refractivity contribution in [3.63, 3.8) is 0 Å². The van der Waals surface area contributed by atoms with Crippen molar-refractivity contribution in [3.8, 4) is 17.2 Å². The zero-order chi connectivity index (χ0) is 45.5. The van der Waals surface area contributed by atoms with Crippen LogP contribution in [0.15, 0.2) is 91.1 Å². The number of hydrogen-bond donors (Lipinski definition) is 3. The van der Waals surface area contributed by atoms with Crippen LogP contribution in [0.1, 0.15) is 62.0 Å². The van der Waals surface area contributed by atoms with E-state index in [2.05, 4.69) is 36.7 Å². The summed E-state index contributed by atoms with van der Waals surface area (Å²) in [6.45, 7) is 5.75. The number of likely N-dealkylation sites (tertiary alicyclic amines) is 2. The van der Waals surface area contributed by atoms with E-state index in [4.69, 9.17) is 14.5 Å². The van der Waals surface area contributed by atoms with E-state index in [1.807, 2.05) is 18.2 Å². The Balaban J connectivity index is 0.702. The summed E-state index contributed by atoms with van der Waals surface area (Å²) in [5, 5.41) is 8.77. The number of piperazine rings is 1. The van der Waals surface area contributed by atoms with Gasteiger partial charge in [0.1, 0.15) is 34.3 Å². The maximum Gasteiger partial charge on any atom is 0.240 e. The number of benzene rings is 4. The summed E-state index contributed by atoms with van der Waals surface area (Å²) in [6.07, 6.45) is 7.18. The van der Waals surface area contributed by atoms with Crippen LogP contribution in [0, 0.1) is 23.0 Å². The van der Waals surface area contributed by atoms with Crippen molar-refractivity contribution in [2.75, 3.05) is 61.9 Å². The van der Waals surface area contributed by atoms with E-state index in [9.17, 15) is 23.6 Å². The number of halogens is 2. The number of carbonyl (C=O) groups excluding carboxylic acids is 4. The van der Waals surface area contributed by atoms with Gasteiger partial charge in [0, 0.05) is 80.7 Å². The molecule has 4 aliphatic heterocycles. The third-order valence-electron chi connectivity index (χ3n) is 14.4. The molecule has 4 aromatic carbocycles. The Bertz CT molecular complexity index is 2670. The van der Waals surface area contributed by atoms with Gasteiger partial charge in [-0.1, -0.05) is 12.1 Å². The number of imide groups is 1. The van der Waals surface area contributed by atoms with Gasteiger partial charge < -0.3 is 25.0 Å². The van der Waals surface area contributed by atoms with E-state index >= 15 is 4.39 Å². The Kier molecular flexibility index (Phi) is 11.9. The smallest absolute Gasteiger partial charge is 0.240 e. The Morgan fingerprint density at radius 3 is 2.18 bits per heavy atom. The lowest BCUT2D eigenvalue weighted by Crippen LogP contribution is -2.49. The second-order valence-corrected chi connectivity index (χ2v) is 18.5. The molecule has 1 aliphatic carbocycles. The van der Waals surface area contributed by atoms with Crippen molar-refractivity contribution in [1.82, 2.24) is 20.1 Å². The van der Waals surface area contributed by atoms with E-state index < -0.39 is 29.0 Å². The van der Waals surface area contributed by atoms with Crippen molar-refractivity contribution < 1.29 is 37.4 Å². The highest BCUT2D eigenvalue weighted by molar-refractivity contribution is 6.17. The third kappa shape index (κ3) is 8.93. The molecule has 13 nitrogen and oxygen atoms in total. The van der Waals surface area contributed by atoms with Gasteiger partial charge in [0.15, 0.2) is 0 Å². The summed E-state index contributed by atoms with van der Waals surface area (Å²) < 4.78 is 40.8. The second-order valence-electron chi connectivity index (χ2n) is 18.5. The van der Waals surface area contributed by atoms with Crippen LogP contribution in [0.5, 0.6) is 17.2 Å². The van der Waals surface area contributed by atoms with Gasteiger partial charge in [-0.25, -0.2) is 8.78 Å². The first-order chi connectivity index (χ1) is 32.0. The second kappa shape index (κ2) is 18.1. The minimum atomic E-state index is -1.17. The number of nitrogens with one attached hydrogen (secondary N) is 3. The Hall–Kier alpha value is -6.45. The quantitative estimate of drug-likeness (QED) is 0.0762. The van der Waals surface area contributed by atoms with Crippen molar-refractivity contribution in [3.05, 3.63) is 114 Å². The number of carbonyl (C=O) groups is 4. The lowest BCUT2D eigenvalue weighted by atomic mass is 9.89. The summed E-state index contributed by atoms with van der Waals surface area (Å²) in [6, 6.07) is 24.4. The Labute approximate surface area is 381 Å². The van der Waals surface area contributed by atoms with Gasteiger partial charge >= 0.3 is 0 Å². The molecule has 1 aromatic heterocycles. The largest absolute Gasteiger partial charge is 0.495 e. The highest BCUT2D eigenvalue weighted by Gasteiger charge is 2.56. The van der Waals surface area contributed by atoms with E-state index in [0.29, 0.717) is 77.7 Å². The van der Waals surface area contributed by atoms with Crippen molar-refractivity contribution in [1.29, 1.82) is 0 Å². The van der Waals surface area contributed by atoms with Crippen LogP contribution in [-0.4, -0.2) is 96.9 Å². The number of ether oxygens (including phenoxy) is 2. The first-order valence-electron chi connectivity index (χ1n) is 23.0. The van der Waals surface area contributed by atoms with E-state index in [1.54, 1.807) is 43.6 Å². The SMILES string of the molecule is COc1cc2c(Oc3ccc(NC(=O)C4(C(=O)Nc5ccc(F)cc5)CC4)cc3)ccnc2cc1N1CCC(CN2C[C@@H]3C[C@H]2CN3CCc2ccc(C3CCC(=O)NC3=O)cc2F)CC1. The molecule has 3 atom stereocenters. The summed E-state index contributed by atoms with van der Waals surface area (Å²) in [4.78, 5) is 62.4. The van der Waals surface area contributed by atoms with Gasteiger partial charge in [-0.05, 0) is 135 Å². The molecule has 4 saturated heterocycles. The van der Waals surface area contributed by atoms with Gasteiger partial charge in [0.05, 0.1) is 24.2 Å². The number of anilines is 3. The average molecular weight is 898 g/mol. The number of amides is 4. The van der Waals surface area contributed by atoms with Gasteiger partial charge in [0.25, 0.3) is 0 Å². The van der Waals surface area contributed by atoms with Crippen LogP contribution in [-0.2, 0) is 25.6 Å². The first-order valence-corrected chi connectivity index (χ1v) is 23.0. The van der Waals surface area contributed by atoms with Gasteiger partial charge in [-0.3, -0.25) is 39.3 Å². The molecule has 5 fully saturated rings. The Morgan fingerprint density at radius 1 is 0.833 bits per heavy atom. The van der Waals surface area contributed by atoms with Crippen LogP contribution in [0.4, 0.5) is 25.8 Å². The topological polar surface area (TPSA) is 145 Å². The predicted octanol–water partition coefficient (Wildman–Crippen LogP) is 7.41. The number of piperidine rings is 2. The van der Waals surface area contributed by atoms with Gasteiger partial charge in [-0.2, -0.15) is 0 Å². The summed E-state index contributed by atoms with van der Waals surface area (Å²) >= 11 is 0. The highest BCUT2D eigenvalue weighted by atomic mass is 19.1. The number of rotatable bonds is 14. The molecule has 342 valence electrons. The Morgan fingerprint density at radius 2 is 1.53 bits per heavy atom. The number of aromatic nitrogens is 1. The third-order valence-corrected chi connectivity index (χ3v) is 14.4. The van der Waals surface area contributed by atoms with Crippen molar-refractivity contribution in [2.24, 2.45) is 11.3 Å². The lowest BCUT2D eigenvalue weighted by molar-refractivity contribution is -0.134. The van der Waals surface area contributed by atoms with E-state index in [1.165, 1.54) is 30.3 Å². The highest BCUT2D eigenvalue weighted by Crippen LogP contribution is 2.48. The normalized spacial score (nSPS) is 21.7. The molecule has 4 amide bonds. The molecule has 3 N–H and O–H groups in total. The number of fused-ring (bicyclic) bond motifs is 3. The van der Waals surface area contributed by atoms with Gasteiger partial charge in [-0.15, -0.1) is 0 Å². The van der Waals surface area contributed by atoms with E-state index in [0.717, 1.165) is 80.9 Å². The van der Waals surface area contributed by atoms with Crippen LogP contribution < -0.4 is 30.3 Å². The zero-order valence-corrected chi connectivity index (χ0v) is 36.9. The van der Waals surface area contributed by atoms with Crippen molar-refractivity contribution in [2.45, 2.75) is 69.4 Å². The molecular formula is C51H53F2N7O6. The molecule has 66 heavy (non-hydrogen) atoms. The standard InChI is InChI=1S/C51H53F2N7O6/c1-65-46-26-41-43(54-20-14-45(41)66-39-10-8-36(9-11-39)56-50(64)51(18-19-51)49(63)55-35-6-4-34(52)5-7-35)27-44(46)58-21-15-31(16-22-58)28-60-30-37-25-38(60)29-59(37)23-17-32-2-3-33(24-42(32)53)40-12-13-47(61)57-48(40)62/h2-11,14,20,24,26-27,31,37-38,40H,12-13,15-19,21-23,25,28-30H2,1H3,(H,55,63)(H,56,64)(H,57,61,62)/t37-,38-,40?/m0/s1. The van der Waals surface area contributed by atoms with Crippen molar-refractivity contribution >= 4 is 51.6 Å². The zero-order valence-electron chi connectivity index (χ0n) is 36.9. The summed E-state index contributed by atoms with van der Waals surface area (Å²) in [7, 11) is 1.68. The van der Waals surface area contributed by atoms with Crippen LogP contribution in [0.25, 0.3) is 10.9 Å². The molecule has 10 rings (SSSR count). The average Bonchev–Trinajstić information content (AvgIpc) is 3.92. The van der Waals surface area contributed by atoms with Crippen LogP contribution in [0.3, 0.4) is 0 Å². The maximum absolute atomic E-state index is 15.2. The number of nitrogens with zero attached hydrogens (tertiary/aromatic N) is 4. The molecule has 0 radical (unpaired) electrons. The fourth-order valence-corrected chi connectivity index (χ4v) is 10.4. The molecule has 5 aromatic rings. The van der Waals surface area contributed by atoms with Crippen LogP contribution in [0.2, 0.25) is 0 Å². The number of methoxy groups -OCH3 is 1. The minimum Gasteiger partial charge on any atom is -0.495 e. The molecular weight excluding hydrogens is 845 g/mol. The summed E-state index contributed by atoms with van der Waals surface area (Å²) in [5.41, 5.74) is 2.87. The fourth-order valence-electron chi connectivity index (χ4n) is 10.4. The molecule has 5 heterocycles. The lowest BCUT2D eigenvalue weighted by Gasteiger charge is -2.39. The molecule has 15 heteroatoms. The fraction of sp³-hybridized carbons (Fsp3) is 0.392. The molecule has 0 spiro atoms. The van der Waals surface area contributed by atoms with E-state index in [-0.39, 0.29) is 24.1 Å².